The third-order valence-corrected chi connectivity index (χ3v) is 6.63. The van der Waals surface area contributed by atoms with Crippen LogP contribution in [0, 0.1) is 0 Å². The average Bonchev–Trinajstić information content (AvgIpc) is 3.28. The van der Waals surface area contributed by atoms with E-state index in [1.54, 1.807) is 22.7 Å². The van der Waals surface area contributed by atoms with Gasteiger partial charge in [0.2, 0.25) is 0 Å². The van der Waals surface area contributed by atoms with Gasteiger partial charge in [0.05, 0.1) is 6.04 Å². The van der Waals surface area contributed by atoms with Crippen LogP contribution in [0.1, 0.15) is 23.4 Å². The number of hydrogen-bond acceptors (Lipinski definition) is 4. The van der Waals surface area contributed by atoms with Crippen molar-refractivity contribution in [3.8, 4) is 0 Å². The van der Waals surface area contributed by atoms with Crippen LogP contribution in [-0.4, -0.2) is 37.6 Å². The van der Waals surface area contributed by atoms with Crippen molar-refractivity contribution in [2.24, 2.45) is 0 Å². The molecule has 2 amide bonds. The Morgan fingerprint density at radius 1 is 1.15 bits per heavy atom. The van der Waals surface area contributed by atoms with Crippen LogP contribution in [0.4, 0.5) is 4.79 Å². The maximum absolute atomic E-state index is 12.3. The molecule has 26 heavy (non-hydrogen) atoms. The SMILES string of the molecule is C[C@H](NC(=O)NC[C@H](Cc1csc2ccccc12)N(C)C)c1cccs1. The van der Waals surface area contributed by atoms with Crippen LogP contribution in [0.3, 0.4) is 0 Å². The molecule has 6 heteroatoms. The minimum Gasteiger partial charge on any atom is -0.337 e. The molecule has 138 valence electrons. The van der Waals surface area contributed by atoms with Crippen LogP contribution in [0.5, 0.6) is 0 Å². The van der Waals surface area contributed by atoms with Gasteiger partial charge in [-0.1, -0.05) is 24.3 Å². The Morgan fingerprint density at radius 2 is 1.96 bits per heavy atom. The van der Waals surface area contributed by atoms with Crippen molar-refractivity contribution in [1.29, 1.82) is 0 Å². The molecule has 0 aliphatic rings. The molecule has 0 saturated carbocycles. The molecule has 0 fully saturated rings. The zero-order valence-corrected chi connectivity index (χ0v) is 17.0. The minimum atomic E-state index is -0.118. The number of carbonyl (C=O) groups excluding carboxylic acids is 1. The summed E-state index contributed by atoms with van der Waals surface area (Å²) in [6.07, 6.45) is 0.914. The molecular formula is C20H25N3OS2. The van der Waals surface area contributed by atoms with Gasteiger partial charge in [-0.2, -0.15) is 0 Å². The second-order valence-corrected chi connectivity index (χ2v) is 8.56. The Bertz CT molecular complexity index is 842. The van der Waals surface area contributed by atoms with Crippen LogP contribution in [0.25, 0.3) is 10.1 Å². The Labute approximate surface area is 162 Å². The van der Waals surface area contributed by atoms with Gasteiger partial charge in [0.25, 0.3) is 0 Å². The average molecular weight is 388 g/mol. The van der Waals surface area contributed by atoms with Crippen molar-refractivity contribution in [2.75, 3.05) is 20.6 Å². The van der Waals surface area contributed by atoms with Crippen molar-refractivity contribution in [3.63, 3.8) is 0 Å². The molecule has 3 aromatic rings. The number of carbonyl (C=O) groups is 1. The summed E-state index contributed by atoms with van der Waals surface area (Å²) in [7, 11) is 4.13. The molecule has 3 rings (SSSR count). The lowest BCUT2D eigenvalue weighted by Crippen LogP contribution is -2.45. The van der Waals surface area contributed by atoms with Gasteiger partial charge in [-0.05, 0) is 61.3 Å². The first-order valence-electron chi connectivity index (χ1n) is 8.74. The first kappa shape index (κ1) is 18.9. The maximum Gasteiger partial charge on any atom is 0.315 e. The predicted molar refractivity (Wildman–Crippen MR) is 112 cm³/mol. The molecule has 0 radical (unpaired) electrons. The highest BCUT2D eigenvalue weighted by atomic mass is 32.1. The first-order valence-corrected chi connectivity index (χ1v) is 10.5. The summed E-state index contributed by atoms with van der Waals surface area (Å²) in [5, 5.41) is 11.6. The van der Waals surface area contributed by atoms with Crippen molar-refractivity contribution >= 4 is 38.8 Å². The van der Waals surface area contributed by atoms with Gasteiger partial charge in [-0.25, -0.2) is 4.79 Å². The van der Waals surface area contributed by atoms with Gasteiger partial charge < -0.3 is 15.5 Å². The molecule has 0 unspecified atom stereocenters. The molecule has 0 spiro atoms. The lowest BCUT2D eigenvalue weighted by Gasteiger charge is -2.25. The van der Waals surface area contributed by atoms with E-state index in [9.17, 15) is 4.79 Å². The molecule has 0 aliphatic carbocycles. The topological polar surface area (TPSA) is 44.4 Å². The first-order chi connectivity index (χ1) is 12.5. The van der Waals surface area contributed by atoms with Crippen LogP contribution in [-0.2, 0) is 6.42 Å². The fraction of sp³-hybridized carbons (Fsp3) is 0.350. The molecule has 2 aromatic heterocycles. The van der Waals surface area contributed by atoms with Gasteiger partial charge in [0.1, 0.15) is 0 Å². The molecule has 0 bridgehead atoms. The van der Waals surface area contributed by atoms with Gasteiger partial charge in [-0.15, -0.1) is 22.7 Å². The fourth-order valence-electron chi connectivity index (χ4n) is 2.95. The lowest BCUT2D eigenvalue weighted by atomic mass is 10.0. The standard InChI is InChI=1S/C20H25N3OS2/c1-14(18-9-6-10-25-18)22-20(24)21-12-16(23(2)3)11-15-13-26-19-8-5-4-7-17(15)19/h4-10,13-14,16H,11-12H2,1-3H3,(H2,21,22,24)/t14-,16-/m0/s1. The third kappa shape index (κ3) is 4.63. The smallest absolute Gasteiger partial charge is 0.315 e. The lowest BCUT2D eigenvalue weighted by molar-refractivity contribution is 0.229. The summed E-state index contributed by atoms with van der Waals surface area (Å²) in [5.41, 5.74) is 1.35. The summed E-state index contributed by atoms with van der Waals surface area (Å²) in [6.45, 7) is 2.62. The number of benzene rings is 1. The van der Waals surface area contributed by atoms with Gasteiger partial charge >= 0.3 is 6.03 Å². The Hall–Kier alpha value is -1.89. The Morgan fingerprint density at radius 3 is 2.69 bits per heavy atom. The third-order valence-electron chi connectivity index (χ3n) is 4.56. The van der Waals surface area contributed by atoms with E-state index in [4.69, 9.17) is 0 Å². The number of urea groups is 1. The van der Waals surface area contributed by atoms with Crippen LogP contribution in [0.2, 0.25) is 0 Å². The highest BCUT2D eigenvalue weighted by Crippen LogP contribution is 2.27. The quantitative estimate of drug-likeness (QED) is 0.627. The van der Waals surface area contributed by atoms with Gasteiger partial charge in [0, 0.05) is 22.2 Å². The highest BCUT2D eigenvalue weighted by Gasteiger charge is 2.17. The highest BCUT2D eigenvalue weighted by molar-refractivity contribution is 7.17. The van der Waals surface area contributed by atoms with Crippen molar-refractivity contribution in [2.45, 2.75) is 25.4 Å². The summed E-state index contributed by atoms with van der Waals surface area (Å²) in [4.78, 5) is 15.6. The summed E-state index contributed by atoms with van der Waals surface area (Å²) in [6, 6.07) is 12.7. The molecule has 2 N–H and O–H groups in total. The molecule has 2 heterocycles. The predicted octanol–water partition coefficient (Wildman–Crippen LogP) is 4.50. The Kier molecular flexibility index (Phi) is 6.29. The zero-order chi connectivity index (χ0) is 18.5. The largest absolute Gasteiger partial charge is 0.337 e. The van der Waals surface area contributed by atoms with E-state index in [0.717, 1.165) is 11.3 Å². The summed E-state index contributed by atoms with van der Waals surface area (Å²) >= 11 is 3.44. The van der Waals surface area contributed by atoms with Crippen molar-refractivity contribution < 1.29 is 4.79 Å². The normalized spacial score (nSPS) is 13.7. The monoisotopic (exact) mass is 387 g/mol. The molecule has 0 aliphatic heterocycles. The van der Waals surface area contributed by atoms with E-state index in [1.165, 1.54) is 15.6 Å². The number of nitrogens with one attached hydrogen (secondary N) is 2. The molecule has 4 nitrogen and oxygen atoms in total. The number of amides is 2. The van der Waals surface area contributed by atoms with Crippen molar-refractivity contribution in [1.82, 2.24) is 15.5 Å². The van der Waals surface area contributed by atoms with Crippen LogP contribution >= 0.6 is 22.7 Å². The Balaban J connectivity index is 1.57. The van der Waals surface area contributed by atoms with E-state index < -0.39 is 0 Å². The van der Waals surface area contributed by atoms with Crippen LogP contribution < -0.4 is 10.6 Å². The fourth-order valence-corrected chi connectivity index (χ4v) is 4.66. The molecular weight excluding hydrogens is 362 g/mol. The maximum atomic E-state index is 12.3. The summed E-state index contributed by atoms with van der Waals surface area (Å²) < 4.78 is 1.32. The number of fused-ring (bicyclic) bond motifs is 1. The second-order valence-electron chi connectivity index (χ2n) is 6.67. The molecule has 0 saturated heterocycles. The number of hydrogen-bond donors (Lipinski definition) is 2. The number of thiophene rings is 2. The second kappa shape index (κ2) is 8.66. The van der Waals surface area contributed by atoms with E-state index in [2.05, 4.69) is 59.3 Å². The van der Waals surface area contributed by atoms with E-state index >= 15 is 0 Å². The zero-order valence-electron chi connectivity index (χ0n) is 15.4. The van der Waals surface area contributed by atoms with Crippen molar-refractivity contribution in [3.05, 3.63) is 57.6 Å². The van der Waals surface area contributed by atoms with Crippen LogP contribution in [0.15, 0.2) is 47.2 Å². The van der Waals surface area contributed by atoms with Gasteiger partial charge in [-0.3, -0.25) is 0 Å². The van der Waals surface area contributed by atoms with E-state index in [1.807, 2.05) is 24.4 Å². The molecule has 2 atom stereocenters. The summed E-state index contributed by atoms with van der Waals surface area (Å²) in [5.74, 6) is 0. The number of likely N-dealkylation sites (N-methyl/N-ethyl adjacent to an activating group) is 1. The van der Waals surface area contributed by atoms with E-state index in [-0.39, 0.29) is 18.1 Å². The number of rotatable bonds is 7. The van der Waals surface area contributed by atoms with Gasteiger partial charge in [0.15, 0.2) is 0 Å². The number of nitrogens with zero attached hydrogens (tertiary/aromatic N) is 1. The minimum absolute atomic E-state index is 0.0219. The molecule has 1 aromatic carbocycles. The van der Waals surface area contributed by atoms with E-state index in [0.29, 0.717) is 6.54 Å².